The molecule has 0 bridgehead atoms. The first-order chi connectivity index (χ1) is 7.06. The van der Waals surface area contributed by atoms with Crippen LogP contribution in [0.4, 0.5) is 0 Å². The summed E-state index contributed by atoms with van der Waals surface area (Å²) >= 11 is 0. The third-order valence-electron chi connectivity index (χ3n) is 1.89. The Kier molecular flexibility index (Phi) is 2.09. The van der Waals surface area contributed by atoms with Crippen molar-refractivity contribution in [3.05, 3.63) is 24.0 Å². The minimum absolute atomic E-state index is 0.0124. The van der Waals surface area contributed by atoms with E-state index in [9.17, 15) is 9.90 Å². The summed E-state index contributed by atoms with van der Waals surface area (Å²) in [5.41, 5.74) is 3.32. The summed E-state index contributed by atoms with van der Waals surface area (Å²) in [5.74, 6) is -0.515. The van der Waals surface area contributed by atoms with Crippen LogP contribution in [0.15, 0.2) is 29.0 Å². The van der Waals surface area contributed by atoms with Gasteiger partial charge in [0.15, 0.2) is 5.82 Å². The van der Waals surface area contributed by atoms with Gasteiger partial charge in [0.25, 0.3) is 0 Å². The zero-order chi connectivity index (χ0) is 11.0. The van der Waals surface area contributed by atoms with Crippen molar-refractivity contribution in [3.8, 4) is 0 Å². The summed E-state index contributed by atoms with van der Waals surface area (Å²) in [6.07, 6.45) is 3.00. The lowest BCUT2D eigenvalue weighted by Crippen LogP contribution is -2.42. The molecule has 0 atom stereocenters. The smallest absolute Gasteiger partial charge is 0.324 e. The van der Waals surface area contributed by atoms with Crippen LogP contribution in [0, 0.1) is 0 Å². The molecular formula is C8H10N4O3. The third kappa shape index (κ3) is 1.77. The largest absolute Gasteiger partial charge is 0.493 e. The van der Waals surface area contributed by atoms with E-state index in [4.69, 9.17) is 5.11 Å². The fourth-order valence-corrected chi connectivity index (χ4v) is 1.34. The summed E-state index contributed by atoms with van der Waals surface area (Å²) in [5, 5.41) is 20.7. The van der Waals surface area contributed by atoms with Gasteiger partial charge < -0.3 is 10.2 Å². The maximum absolute atomic E-state index is 10.5. The van der Waals surface area contributed by atoms with Crippen molar-refractivity contribution in [3.63, 3.8) is 0 Å². The number of rotatable bonds is 2. The lowest BCUT2D eigenvalue weighted by atomic mass is 10.3. The van der Waals surface area contributed by atoms with Gasteiger partial charge in [0, 0.05) is 11.8 Å². The maximum atomic E-state index is 10.5. The molecule has 0 fully saturated rings. The van der Waals surface area contributed by atoms with Crippen LogP contribution < -0.4 is 5.53 Å². The topological polar surface area (TPSA) is 88.4 Å². The average molecular weight is 210 g/mol. The first kappa shape index (κ1) is 9.53. The van der Waals surface area contributed by atoms with Crippen LogP contribution in [0.5, 0.6) is 0 Å². The van der Waals surface area contributed by atoms with Crippen molar-refractivity contribution in [2.75, 3.05) is 6.54 Å². The molecule has 0 spiro atoms. The Labute approximate surface area is 85.6 Å². The van der Waals surface area contributed by atoms with Gasteiger partial charge in [-0.2, -0.15) is 0 Å². The van der Waals surface area contributed by atoms with Crippen molar-refractivity contribution in [2.24, 2.45) is 4.99 Å². The Balaban J connectivity index is 2.18. The number of nitrogens with zero attached hydrogens (tertiary/aromatic N) is 3. The molecule has 7 nitrogen and oxygen atoms in total. The summed E-state index contributed by atoms with van der Waals surface area (Å²) in [7, 11) is 0. The number of aliphatic hydroxyl groups excluding tert-OH is 1. The van der Waals surface area contributed by atoms with Crippen LogP contribution in [0.3, 0.4) is 0 Å². The standard InChI is InChI=1S/C8H10N4O3/c1-5-2-7(13)12-6(9-5)3-11(10-12)4-8(14)15/h2-3,10,13H,4H2,1H3,(H,14,15). The predicted molar refractivity (Wildman–Crippen MR) is 51.2 cm³/mol. The second-order valence-electron chi connectivity index (χ2n) is 3.20. The molecule has 0 saturated heterocycles. The summed E-state index contributed by atoms with van der Waals surface area (Å²) < 4.78 is 0. The number of hydrogen-bond donors (Lipinski definition) is 3. The van der Waals surface area contributed by atoms with Crippen molar-refractivity contribution >= 4 is 11.7 Å². The van der Waals surface area contributed by atoms with Gasteiger partial charge >= 0.3 is 5.97 Å². The van der Waals surface area contributed by atoms with Crippen molar-refractivity contribution < 1.29 is 15.0 Å². The summed E-state index contributed by atoms with van der Waals surface area (Å²) in [6.45, 7) is 1.54. The molecule has 7 heteroatoms. The van der Waals surface area contributed by atoms with Crippen LogP contribution in [0.1, 0.15) is 6.92 Å². The number of aliphatic hydroxyl groups is 1. The highest BCUT2D eigenvalue weighted by Crippen LogP contribution is 2.20. The van der Waals surface area contributed by atoms with E-state index in [1.807, 2.05) is 0 Å². The van der Waals surface area contributed by atoms with Gasteiger partial charge in [-0.15, -0.1) is 5.53 Å². The Morgan fingerprint density at radius 3 is 3.07 bits per heavy atom. The predicted octanol–water partition coefficient (Wildman–Crippen LogP) is -0.219. The molecule has 2 aliphatic rings. The number of carboxylic acid groups (broad SMARTS) is 1. The highest BCUT2D eigenvalue weighted by Gasteiger charge is 2.27. The second-order valence-corrected chi connectivity index (χ2v) is 3.20. The van der Waals surface area contributed by atoms with Crippen LogP contribution in [-0.4, -0.2) is 38.5 Å². The molecule has 2 aliphatic heterocycles. The molecule has 0 amide bonds. The zero-order valence-corrected chi connectivity index (χ0v) is 8.01. The van der Waals surface area contributed by atoms with Gasteiger partial charge in [-0.25, -0.2) is 10.0 Å². The molecule has 0 aromatic rings. The first-order valence-corrected chi connectivity index (χ1v) is 4.29. The molecule has 0 aliphatic carbocycles. The lowest BCUT2D eigenvalue weighted by molar-refractivity contribution is -0.138. The molecule has 2 heterocycles. The zero-order valence-electron chi connectivity index (χ0n) is 8.01. The molecule has 0 unspecified atom stereocenters. The molecule has 0 saturated carbocycles. The van der Waals surface area contributed by atoms with E-state index < -0.39 is 5.97 Å². The van der Waals surface area contributed by atoms with Crippen LogP contribution >= 0.6 is 0 Å². The van der Waals surface area contributed by atoms with Gasteiger partial charge in [0.1, 0.15) is 6.54 Å². The number of nitrogens with one attached hydrogen (secondary N) is 1. The van der Waals surface area contributed by atoms with Gasteiger partial charge in [-0.05, 0) is 6.92 Å². The number of fused-ring (bicyclic) bond motifs is 1. The van der Waals surface area contributed by atoms with E-state index in [0.29, 0.717) is 11.5 Å². The van der Waals surface area contributed by atoms with E-state index >= 15 is 0 Å². The fourth-order valence-electron chi connectivity index (χ4n) is 1.34. The molecule has 0 radical (unpaired) electrons. The summed E-state index contributed by atoms with van der Waals surface area (Å²) in [4.78, 5) is 14.6. The highest BCUT2D eigenvalue weighted by molar-refractivity contribution is 5.94. The first-order valence-electron chi connectivity index (χ1n) is 4.29. The van der Waals surface area contributed by atoms with E-state index in [1.165, 1.54) is 22.3 Å². The molecule has 0 aromatic heterocycles. The average Bonchev–Trinajstić information content (AvgIpc) is 2.45. The quantitative estimate of drug-likeness (QED) is 0.584. The fraction of sp³-hybridized carbons (Fsp3) is 0.250. The number of carboxylic acids is 1. The Morgan fingerprint density at radius 2 is 2.40 bits per heavy atom. The van der Waals surface area contributed by atoms with Crippen LogP contribution in [0.25, 0.3) is 0 Å². The molecule has 80 valence electrons. The molecule has 0 aromatic carbocycles. The summed E-state index contributed by atoms with van der Waals surface area (Å²) in [6, 6.07) is 0. The van der Waals surface area contributed by atoms with Crippen molar-refractivity contribution in [2.45, 2.75) is 6.92 Å². The van der Waals surface area contributed by atoms with E-state index in [2.05, 4.69) is 10.5 Å². The van der Waals surface area contributed by atoms with Gasteiger partial charge in [0.2, 0.25) is 5.88 Å². The maximum Gasteiger partial charge on any atom is 0.324 e. The number of hydrazine groups is 2. The monoisotopic (exact) mass is 210 g/mol. The number of allylic oxidation sites excluding steroid dienone is 1. The second kappa shape index (κ2) is 3.28. The van der Waals surface area contributed by atoms with Crippen LogP contribution in [0.2, 0.25) is 0 Å². The Morgan fingerprint density at radius 1 is 1.67 bits per heavy atom. The number of aliphatic imine (C=N–C) groups is 1. The molecular weight excluding hydrogens is 200 g/mol. The lowest BCUT2D eigenvalue weighted by Gasteiger charge is -2.23. The minimum Gasteiger partial charge on any atom is -0.493 e. The normalized spacial score (nSPS) is 19.4. The Hall–Kier alpha value is -2.02. The van der Waals surface area contributed by atoms with Gasteiger partial charge in [-0.1, -0.05) is 0 Å². The minimum atomic E-state index is -0.969. The Bertz CT molecular complexity index is 399. The van der Waals surface area contributed by atoms with E-state index in [0.717, 1.165) is 0 Å². The molecule has 3 N–H and O–H groups in total. The number of hydrogen-bond acceptors (Lipinski definition) is 6. The van der Waals surface area contributed by atoms with Crippen LogP contribution in [-0.2, 0) is 4.79 Å². The third-order valence-corrected chi connectivity index (χ3v) is 1.89. The number of carbonyl (C=O) groups is 1. The SMILES string of the molecule is CC1=NC2=CN(CC(=O)O)NN2C(O)=C1. The molecule has 2 rings (SSSR count). The van der Waals surface area contributed by atoms with E-state index in [-0.39, 0.29) is 12.4 Å². The van der Waals surface area contributed by atoms with E-state index in [1.54, 1.807) is 6.92 Å². The molecule has 15 heavy (non-hydrogen) atoms. The van der Waals surface area contributed by atoms with Crippen molar-refractivity contribution in [1.82, 2.24) is 15.6 Å². The number of aliphatic carboxylic acids is 1. The van der Waals surface area contributed by atoms with Gasteiger partial charge in [-0.3, -0.25) is 9.80 Å². The van der Waals surface area contributed by atoms with Gasteiger partial charge in [0.05, 0.1) is 6.20 Å². The van der Waals surface area contributed by atoms with Crippen molar-refractivity contribution in [1.29, 1.82) is 0 Å². The highest BCUT2D eigenvalue weighted by atomic mass is 16.4.